The van der Waals surface area contributed by atoms with Gasteiger partial charge in [-0.05, 0) is 67.0 Å². The minimum atomic E-state index is -4.36. The molecule has 6 rings (SSSR count). The standard InChI is InChI=1S/C25H25FN4O6S2/c1-37(33,34)28-17-7-8-18-19(11-17)38(35,36)29-24(27-18)21-23(31)20-14-5-6-15(10-14)22(20)30(25(21)32)12-13-3-2-4-16(26)9-13/h2-4,7-9,11,14-15,20-22,28H,5-6,10,12H2,1H3,(H,27,29)/t14-,15+,20-,21?,22+/m1/s1. The highest BCUT2D eigenvalue weighted by molar-refractivity contribution is 7.92. The first-order valence-electron chi connectivity index (χ1n) is 12.2. The van der Waals surface area contributed by atoms with E-state index in [1.54, 1.807) is 17.0 Å². The summed E-state index contributed by atoms with van der Waals surface area (Å²) in [6.45, 7) is 0.0991. The van der Waals surface area contributed by atoms with Gasteiger partial charge in [-0.2, -0.15) is 8.42 Å². The summed E-state index contributed by atoms with van der Waals surface area (Å²) in [7, 11) is -8.01. The predicted octanol–water partition coefficient (Wildman–Crippen LogP) is 2.35. The lowest BCUT2D eigenvalue weighted by atomic mass is 9.73. The lowest BCUT2D eigenvalue weighted by Crippen LogP contribution is -2.61. The number of amides is 1. The summed E-state index contributed by atoms with van der Waals surface area (Å²) in [6, 6.07) is 9.48. The quantitative estimate of drug-likeness (QED) is 0.535. The Labute approximate surface area is 219 Å². The first-order valence-corrected chi connectivity index (χ1v) is 15.6. The van der Waals surface area contributed by atoms with Crippen molar-refractivity contribution in [2.45, 2.75) is 36.7 Å². The minimum absolute atomic E-state index is 0.0335. The number of hydrogen-bond donors (Lipinski definition) is 2. The third-order valence-electron chi connectivity index (χ3n) is 7.93. The molecule has 38 heavy (non-hydrogen) atoms. The Morgan fingerprint density at radius 1 is 1.13 bits per heavy atom. The van der Waals surface area contributed by atoms with Gasteiger partial charge in [-0.3, -0.25) is 14.3 Å². The number of sulfonamides is 2. The number of carbonyl (C=O) groups excluding carboxylic acids is 2. The SMILES string of the molecule is CS(=O)(=O)Nc1ccc2c(c1)S(=O)(=O)N=C(C1C(=O)[C@@H]3[C@@H]4CC[C@@H](C4)[C@@H]3N(Cc3cccc(F)c3)C1=O)N2. The van der Waals surface area contributed by atoms with E-state index in [9.17, 15) is 30.8 Å². The molecule has 5 atom stereocenters. The van der Waals surface area contributed by atoms with Gasteiger partial charge in [-0.1, -0.05) is 12.1 Å². The van der Waals surface area contributed by atoms with E-state index in [2.05, 4.69) is 14.4 Å². The molecular weight excluding hydrogens is 535 g/mol. The number of likely N-dealkylation sites (tertiary alicyclic amines) is 1. The number of piperidine rings is 1. The molecule has 1 saturated heterocycles. The molecule has 13 heteroatoms. The molecule has 2 aromatic rings. The van der Waals surface area contributed by atoms with E-state index in [0.29, 0.717) is 5.56 Å². The number of Topliss-reactive ketones (excluding diaryl/α,β-unsaturated/α-hetero) is 1. The molecule has 3 fully saturated rings. The molecule has 0 spiro atoms. The summed E-state index contributed by atoms with van der Waals surface area (Å²) in [4.78, 5) is 29.0. The number of benzene rings is 2. The van der Waals surface area contributed by atoms with Crippen molar-refractivity contribution in [2.24, 2.45) is 28.1 Å². The van der Waals surface area contributed by atoms with Crippen molar-refractivity contribution in [1.29, 1.82) is 0 Å². The Kier molecular flexibility index (Phi) is 5.65. The van der Waals surface area contributed by atoms with Crippen molar-refractivity contribution in [2.75, 3.05) is 16.3 Å². The average Bonchev–Trinajstić information content (AvgIpc) is 3.43. The van der Waals surface area contributed by atoms with Gasteiger partial charge in [-0.15, -0.1) is 4.40 Å². The maximum atomic E-state index is 13.9. The molecule has 1 unspecified atom stereocenters. The van der Waals surface area contributed by atoms with Gasteiger partial charge in [0.25, 0.3) is 10.0 Å². The summed E-state index contributed by atoms with van der Waals surface area (Å²) in [5, 5.41) is 2.86. The Morgan fingerprint density at radius 2 is 1.89 bits per heavy atom. The summed E-state index contributed by atoms with van der Waals surface area (Å²) >= 11 is 0. The van der Waals surface area contributed by atoms with Gasteiger partial charge in [0.15, 0.2) is 11.7 Å². The molecule has 2 aliphatic heterocycles. The largest absolute Gasteiger partial charge is 0.341 e. The van der Waals surface area contributed by atoms with Crippen LogP contribution in [-0.2, 0) is 36.2 Å². The highest BCUT2D eigenvalue weighted by atomic mass is 32.2. The summed E-state index contributed by atoms with van der Waals surface area (Å²) in [6.07, 6.45) is 3.52. The van der Waals surface area contributed by atoms with Crippen LogP contribution in [0.5, 0.6) is 0 Å². The topological polar surface area (TPSA) is 142 Å². The molecule has 4 aliphatic rings. The number of hydrogen-bond acceptors (Lipinski definition) is 7. The van der Waals surface area contributed by atoms with Gasteiger partial charge >= 0.3 is 0 Å². The Balaban J connectivity index is 1.38. The van der Waals surface area contributed by atoms with Gasteiger partial charge in [-0.25, -0.2) is 12.8 Å². The fraction of sp³-hybridized carbons (Fsp3) is 0.400. The van der Waals surface area contributed by atoms with Crippen LogP contribution < -0.4 is 10.0 Å². The van der Waals surface area contributed by atoms with Crippen LogP contribution in [0.25, 0.3) is 0 Å². The van der Waals surface area contributed by atoms with Crippen LogP contribution in [0.2, 0.25) is 0 Å². The van der Waals surface area contributed by atoms with Crippen molar-refractivity contribution in [3.05, 3.63) is 53.8 Å². The first kappa shape index (κ1) is 25.0. The van der Waals surface area contributed by atoms with Gasteiger partial charge in [0.1, 0.15) is 16.5 Å². The number of halogens is 1. The van der Waals surface area contributed by atoms with E-state index < -0.39 is 43.6 Å². The van der Waals surface area contributed by atoms with E-state index in [1.165, 1.54) is 24.3 Å². The molecule has 0 radical (unpaired) electrons. The summed E-state index contributed by atoms with van der Waals surface area (Å²) in [5.74, 6) is -3.24. The van der Waals surface area contributed by atoms with Gasteiger partial charge in [0.05, 0.1) is 11.9 Å². The van der Waals surface area contributed by atoms with E-state index in [4.69, 9.17) is 0 Å². The Hall–Kier alpha value is -3.32. The number of nitrogens with zero attached hydrogens (tertiary/aromatic N) is 2. The maximum Gasteiger partial charge on any atom is 0.286 e. The van der Waals surface area contributed by atoms with E-state index in [1.807, 2.05) is 0 Å². The Bertz CT molecular complexity index is 1620. The van der Waals surface area contributed by atoms with Crippen LogP contribution in [0, 0.1) is 29.5 Å². The average molecular weight is 561 g/mol. The molecule has 2 aliphatic carbocycles. The van der Waals surface area contributed by atoms with E-state index in [-0.39, 0.29) is 52.3 Å². The molecule has 2 aromatic carbocycles. The number of amidine groups is 1. The van der Waals surface area contributed by atoms with Crippen molar-refractivity contribution >= 4 is 48.9 Å². The number of ketones is 1. The van der Waals surface area contributed by atoms with Crippen LogP contribution in [-0.4, -0.2) is 51.6 Å². The third-order valence-corrected chi connectivity index (χ3v) is 9.87. The highest BCUT2D eigenvalue weighted by Gasteiger charge is 2.60. The minimum Gasteiger partial charge on any atom is -0.341 e. The molecular formula is C25H25FN4O6S2. The maximum absolute atomic E-state index is 13.9. The monoisotopic (exact) mass is 560 g/mol. The zero-order valence-corrected chi connectivity index (χ0v) is 21.9. The third kappa shape index (κ3) is 4.17. The molecule has 2 bridgehead atoms. The van der Waals surface area contributed by atoms with Crippen molar-refractivity contribution in [1.82, 2.24) is 4.90 Å². The van der Waals surface area contributed by atoms with Crippen molar-refractivity contribution < 1.29 is 30.8 Å². The lowest BCUT2D eigenvalue weighted by molar-refractivity contribution is -0.153. The summed E-state index contributed by atoms with van der Waals surface area (Å²) < 4.78 is 69.4. The second-order valence-electron chi connectivity index (χ2n) is 10.4. The first-order chi connectivity index (χ1) is 17.9. The lowest BCUT2D eigenvalue weighted by Gasteiger charge is -2.45. The van der Waals surface area contributed by atoms with Crippen LogP contribution >= 0.6 is 0 Å². The number of rotatable bonds is 5. The highest BCUT2D eigenvalue weighted by Crippen LogP contribution is 2.54. The Morgan fingerprint density at radius 3 is 2.63 bits per heavy atom. The normalized spacial score (nSPS) is 29.4. The number of fused-ring (bicyclic) bond motifs is 6. The van der Waals surface area contributed by atoms with Crippen molar-refractivity contribution in [3.8, 4) is 0 Å². The second-order valence-corrected chi connectivity index (χ2v) is 13.8. The number of anilines is 2. The van der Waals surface area contributed by atoms with Gasteiger partial charge in [0.2, 0.25) is 15.9 Å². The zero-order chi connectivity index (χ0) is 27.0. The fourth-order valence-electron chi connectivity index (χ4n) is 6.58. The molecule has 2 saturated carbocycles. The predicted molar refractivity (Wildman–Crippen MR) is 137 cm³/mol. The fourth-order valence-corrected chi connectivity index (χ4v) is 8.32. The molecule has 2 N–H and O–H groups in total. The van der Waals surface area contributed by atoms with E-state index >= 15 is 0 Å². The zero-order valence-electron chi connectivity index (χ0n) is 20.3. The molecule has 10 nitrogen and oxygen atoms in total. The van der Waals surface area contributed by atoms with Crippen LogP contribution in [0.15, 0.2) is 51.8 Å². The van der Waals surface area contributed by atoms with Crippen LogP contribution in [0.4, 0.5) is 15.8 Å². The second kappa shape index (κ2) is 8.60. The molecule has 1 amide bonds. The van der Waals surface area contributed by atoms with Gasteiger partial charge in [0, 0.05) is 24.2 Å². The van der Waals surface area contributed by atoms with Crippen LogP contribution in [0.3, 0.4) is 0 Å². The van der Waals surface area contributed by atoms with Crippen LogP contribution in [0.1, 0.15) is 24.8 Å². The van der Waals surface area contributed by atoms with E-state index in [0.717, 1.165) is 31.6 Å². The molecule has 2 heterocycles. The molecule has 200 valence electrons. The summed E-state index contributed by atoms with van der Waals surface area (Å²) in [5.41, 5.74) is 0.697. The number of nitrogens with one attached hydrogen (secondary N) is 2. The smallest absolute Gasteiger partial charge is 0.286 e. The molecule has 0 aromatic heterocycles. The van der Waals surface area contributed by atoms with Crippen molar-refractivity contribution in [3.63, 3.8) is 0 Å². The van der Waals surface area contributed by atoms with Gasteiger partial charge < -0.3 is 10.2 Å². The number of carbonyl (C=O) groups is 2.